The molecule has 1 N–H and O–H groups in total. The number of carbonyl (C=O) groups is 3. The molecule has 6 atom stereocenters. The number of amides is 3. The van der Waals surface area contributed by atoms with Crippen LogP contribution in [0.2, 0.25) is 10.0 Å². The summed E-state index contributed by atoms with van der Waals surface area (Å²) < 4.78 is 0. The Kier molecular flexibility index (Phi) is 3.50. The van der Waals surface area contributed by atoms with Gasteiger partial charge in [0.25, 0.3) is 0 Å². The molecular weight excluding hydrogens is 375 g/mol. The zero-order valence-electron chi connectivity index (χ0n) is 13.7. The summed E-state index contributed by atoms with van der Waals surface area (Å²) in [5, 5.41) is 3.42. The SMILES string of the molecule is O=C(CN1C(=O)[C@@H]2[C@@H]3C=C[C@H]([C@H]4C[C@H]34)[C@H]2C1=O)Nc1ccc(Cl)cc1Cl. The average Bonchev–Trinajstić information content (AvgIpc) is 3.39. The Balaban J connectivity index is 1.33. The second-order valence-corrected chi connectivity index (χ2v) is 8.43. The van der Waals surface area contributed by atoms with Crippen molar-refractivity contribution in [1.29, 1.82) is 0 Å². The van der Waals surface area contributed by atoms with Crippen molar-refractivity contribution in [3.8, 4) is 0 Å². The number of likely N-dealkylation sites (tertiary alicyclic amines) is 1. The van der Waals surface area contributed by atoms with Crippen molar-refractivity contribution in [3.63, 3.8) is 0 Å². The first-order valence-electron chi connectivity index (χ1n) is 8.74. The van der Waals surface area contributed by atoms with E-state index < -0.39 is 5.91 Å². The lowest BCUT2D eigenvalue weighted by Gasteiger charge is -2.37. The van der Waals surface area contributed by atoms with Crippen molar-refractivity contribution in [2.75, 3.05) is 11.9 Å². The van der Waals surface area contributed by atoms with E-state index in [0.717, 1.165) is 11.3 Å². The summed E-state index contributed by atoms with van der Waals surface area (Å²) >= 11 is 11.9. The zero-order valence-corrected chi connectivity index (χ0v) is 15.2. The molecule has 1 aliphatic heterocycles. The Hall–Kier alpha value is -1.85. The number of nitrogens with one attached hydrogen (secondary N) is 1. The summed E-state index contributed by atoms with van der Waals surface area (Å²) in [6, 6.07) is 4.72. The van der Waals surface area contributed by atoms with Gasteiger partial charge in [0.1, 0.15) is 6.54 Å². The zero-order chi connectivity index (χ0) is 18.2. The molecule has 6 rings (SSSR count). The second-order valence-electron chi connectivity index (χ2n) is 7.59. The van der Waals surface area contributed by atoms with Crippen LogP contribution in [0.3, 0.4) is 0 Å². The van der Waals surface area contributed by atoms with Crippen molar-refractivity contribution in [2.45, 2.75) is 6.42 Å². The molecule has 2 bridgehead atoms. The molecule has 5 aliphatic rings. The third-order valence-corrected chi connectivity index (χ3v) is 6.81. The average molecular weight is 391 g/mol. The molecule has 0 spiro atoms. The van der Waals surface area contributed by atoms with Gasteiger partial charge in [0.15, 0.2) is 0 Å². The quantitative estimate of drug-likeness (QED) is 0.637. The lowest BCUT2D eigenvalue weighted by atomic mass is 9.63. The van der Waals surface area contributed by atoms with Gasteiger partial charge in [-0.1, -0.05) is 35.4 Å². The van der Waals surface area contributed by atoms with E-state index in [2.05, 4.69) is 17.5 Å². The Morgan fingerprint density at radius 3 is 2.27 bits per heavy atom. The number of rotatable bonds is 3. The fraction of sp³-hybridized carbons (Fsp3) is 0.421. The maximum atomic E-state index is 12.9. The number of anilines is 1. The van der Waals surface area contributed by atoms with Gasteiger partial charge in [0.2, 0.25) is 17.7 Å². The minimum atomic E-state index is -0.444. The molecule has 0 radical (unpaired) electrons. The number of hydrogen-bond acceptors (Lipinski definition) is 3. The van der Waals surface area contributed by atoms with Crippen molar-refractivity contribution in [2.24, 2.45) is 35.5 Å². The fourth-order valence-corrected chi connectivity index (χ4v) is 5.55. The van der Waals surface area contributed by atoms with Crippen LogP contribution in [-0.2, 0) is 14.4 Å². The van der Waals surface area contributed by atoms with E-state index in [1.807, 2.05) is 0 Å². The largest absolute Gasteiger partial charge is 0.323 e. The van der Waals surface area contributed by atoms with E-state index in [1.165, 1.54) is 6.07 Å². The van der Waals surface area contributed by atoms with Gasteiger partial charge in [0.05, 0.1) is 22.5 Å². The predicted octanol–water partition coefficient (Wildman–Crippen LogP) is 2.99. The number of imide groups is 1. The van der Waals surface area contributed by atoms with Crippen LogP contribution < -0.4 is 5.32 Å². The van der Waals surface area contributed by atoms with E-state index in [4.69, 9.17) is 23.2 Å². The molecule has 3 amide bonds. The molecule has 1 heterocycles. The van der Waals surface area contributed by atoms with Crippen LogP contribution >= 0.6 is 23.2 Å². The summed E-state index contributed by atoms with van der Waals surface area (Å²) in [7, 11) is 0. The minimum Gasteiger partial charge on any atom is -0.323 e. The molecule has 0 aromatic heterocycles. The highest BCUT2D eigenvalue weighted by Gasteiger charge is 2.67. The topological polar surface area (TPSA) is 66.5 Å². The number of hydrogen-bond donors (Lipinski definition) is 1. The van der Waals surface area contributed by atoms with Gasteiger partial charge in [-0.05, 0) is 48.3 Å². The van der Waals surface area contributed by atoms with Gasteiger partial charge < -0.3 is 5.32 Å². The van der Waals surface area contributed by atoms with Crippen LogP contribution in [0.15, 0.2) is 30.4 Å². The van der Waals surface area contributed by atoms with Gasteiger partial charge >= 0.3 is 0 Å². The van der Waals surface area contributed by atoms with Crippen LogP contribution in [0.25, 0.3) is 0 Å². The first-order valence-corrected chi connectivity index (χ1v) is 9.50. The molecule has 2 saturated carbocycles. The molecule has 1 aromatic rings. The van der Waals surface area contributed by atoms with E-state index in [-0.39, 0.29) is 42.0 Å². The van der Waals surface area contributed by atoms with Crippen LogP contribution in [0.4, 0.5) is 5.69 Å². The van der Waals surface area contributed by atoms with Gasteiger partial charge in [-0.2, -0.15) is 0 Å². The van der Waals surface area contributed by atoms with Crippen LogP contribution in [0, 0.1) is 35.5 Å². The molecule has 1 aromatic carbocycles. The molecule has 0 unspecified atom stereocenters. The standard InChI is InChI=1S/C19H16Cl2N2O3/c20-8-1-4-14(13(21)5-8)22-15(24)7-23-18(25)16-9-2-3-10(12-6-11(9)12)17(16)19(23)26/h1-5,9-12,16-17H,6-7H2,(H,22,24)/t9-,10-,11-,12-,16-,17-/m1/s1. The normalized spacial score (nSPS) is 36.2. The summed E-state index contributed by atoms with van der Waals surface area (Å²) in [5.41, 5.74) is 0.403. The molecule has 1 saturated heterocycles. The van der Waals surface area contributed by atoms with E-state index in [0.29, 0.717) is 27.6 Å². The highest BCUT2D eigenvalue weighted by atomic mass is 35.5. The highest BCUT2D eigenvalue weighted by Crippen LogP contribution is 2.65. The van der Waals surface area contributed by atoms with E-state index in [9.17, 15) is 14.4 Å². The maximum Gasteiger partial charge on any atom is 0.244 e. The fourth-order valence-electron chi connectivity index (χ4n) is 5.10. The Labute approximate surface area is 160 Å². The Morgan fingerprint density at radius 1 is 1.08 bits per heavy atom. The van der Waals surface area contributed by atoms with Crippen molar-refractivity contribution < 1.29 is 14.4 Å². The van der Waals surface area contributed by atoms with E-state index in [1.54, 1.807) is 12.1 Å². The summed E-state index contributed by atoms with van der Waals surface area (Å²) in [6.07, 6.45) is 5.34. The predicted molar refractivity (Wildman–Crippen MR) is 96.5 cm³/mol. The number of allylic oxidation sites excluding steroid dienone is 2. The third kappa shape index (κ3) is 2.26. The Morgan fingerprint density at radius 2 is 1.69 bits per heavy atom. The van der Waals surface area contributed by atoms with Crippen molar-refractivity contribution in [1.82, 2.24) is 4.90 Å². The number of benzene rings is 1. The lowest BCUT2D eigenvalue weighted by molar-refractivity contribution is -0.142. The second kappa shape index (κ2) is 5.57. The molecule has 3 fully saturated rings. The highest BCUT2D eigenvalue weighted by molar-refractivity contribution is 6.36. The molecule has 7 heteroatoms. The molecular formula is C19H16Cl2N2O3. The van der Waals surface area contributed by atoms with Crippen molar-refractivity contribution in [3.05, 3.63) is 40.4 Å². The van der Waals surface area contributed by atoms with Gasteiger partial charge in [-0.25, -0.2) is 0 Å². The minimum absolute atomic E-state index is 0.158. The summed E-state index contributed by atoms with van der Waals surface area (Å²) in [4.78, 5) is 39.2. The molecule has 5 nitrogen and oxygen atoms in total. The van der Waals surface area contributed by atoms with Gasteiger partial charge in [-0.15, -0.1) is 0 Å². The van der Waals surface area contributed by atoms with Crippen LogP contribution in [0.5, 0.6) is 0 Å². The molecule has 4 aliphatic carbocycles. The number of nitrogens with zero attached hydrogens (tertiary/aromatic N) is 1. The smallest absolute Gasteiger partial charge is 0.244 e. The van der Waals surface area contributed by atoms with Crippen LogP contribution in [-0.4, -0.2) is 29.2 Å². The summed E-state index contributed by atoms with van der Waals surface area (Å²) in [5.74, 6) is -0.0183. The number of halogens is 2. The molecule has 134 valence electrons. The first-order chi connectivity index (χ1) is 12.5. The number of carbonyl (C=O) groups excluding carboxylic acids is 3. The van der Waals surface area contributed by atoms with Crippen molar-refractivity contribution >= 4 is 46.6 Å². The molecule has 26 heavy (non-hydrogen) atoms. The lowest BCUT2D eigenvalue weighted by Crippen LogP contribution is -2.40. The van der Waals surface area contributed by atoms with Crippen LogP contribution in [0.1, 0.15) is 6.42 Å². The van der Waals surface area contributed by atoms with Gasteiger partial charge in [-0.3, -0.25) is 19.3 Å². The first kappa shape index (κ1) is 16.3. The Bertz CT molecular complexity index is 848. The van der Waals surface area contributed by atoms with E-state index >= 15 is 0 Å². The third-order valence-electron chi connectivity index (χ3n) is 6.26. The maximum absolute atomic E-state index is 12.9. The summed E-state index contributed by atoms with van der Waals surface area (Å²) in [6.45, 7) is -0.279. The van der Waals surface area contributed by atoms with Gasteiger partial charge in [0, 0.05) is 5.02 Å². The monoisotopic (exact) mass is 390 g/mol.